The summed E-state index contributed by atoms with van der Waals surface area (Å²) >= 11 is 0. The molecule has 0 aromatic carbocycles. The normalized spacial score (nSPS) is 13.9. The van der Waals surface area contributed by atoms with Gasteiger partial charge in [0, 0.05) is 13.1 Å². The first-order valence-corrected chi connectivity index (χ1v) is 5.56. The third-order valence-corrected chi connectivity index (χ3v) is 2.21. The molecular weight excluding hydrogens is 176 g/mol. The maximum atomic E-state index is 5.50. The Hall–Kier alpha value is -0.120. The van der Waals surface area contributed by atoms with Gasteiger partial charge >= 0.3 is 0 Å². The first kappa shape index (κ1) is 13.9. The molecule has 0 bridgehead atoms. The van der Waals surface area contributed by atoms with Gasteiger partial charge in [0.15, 0.2) is 0 Å². The molecule has 1 atom stereocenters. The zero-order valence-electron chi connectivity index (χ0n) is 10.1. The highest BCUT2D eigenvalue weighted by atomic mass is 16.5. The van der Waals surface area contributed by atoms with Crippen LogP contribution in [-0.4, -0.2) is 44.3 Å². The van der Waals surface area contributed by atoms with Crippen molar-refractivity contribution >= 4 is 0 Å². The fourth-order valence-corrected chi connectivity index (χ4v) is 1.44. The van der Waals surface area contributed by atoms with Crippen molar-refractivity contribution in [2.45, 2.75) is 33.3 Å². The van der Waals surface area contributed by atoms with Crippen molar-refractivity contribution in [2.75, 3.05) is 33.3 Å². The van der Waals surface area contributed by atoms with E-state index in [0.717, 1.165) is 32.7 Å². The zero-order valence-corrected chi connectivity index (χ0v) is 10.1. The predicted octanol–water partition coefficient (Wildman–Crippen LogP) is 1.33. The zero-order chi connectivity index (χ0) is 11.0. The lowest BCUT2D eigenvalue weighted by molar-refractivity contribution is 0.0615. The lowest BCUT2D eigenvalue weighted by atomic mass is 10.1. The van der Waals surface area contributed by atoms with Crippen molar-refractivity contribution < 1.29 is 4.74 Å². The van der Waals surface area contributed by atoms with E-state index in [1.54, 1.807) is 0 Å². The van der Waals surface area contributed by atoms with Crippen LogP contribution in [0.5, 0.6) is 0 Å². The molecule has 0 aliphatic rings. The molecule has 0 heterocycles. The highest BCUT2D eigenvalue weighted by Gasteiger charge is 2.05. The lowest BCUT2D eigenvalue weighted by Crippen LogP contribution is -2.29. The Morgan fingerprint density at radius 3 is 2.43 bits per heavy atom. The summed E-state index contributed by atoms with van der Waals surface area (Å²) < 4.78 is 5.49. The van der Waals surface area contributed by atoms with Crippen molar-refractivity contribution in [1.29, 1.82) is 0 Å². The molecule has 0 aliphatic heterocycles. The van der Waals surface area contributed by atoms with Crippen molar-refractivity contribution in [3.63, 3.8) is 0 Å². The molecule has 0 fully saturated rings. The van der Waals surface area contributed by atoms with E-state index < -0.39 is 0 Å². The molecule has 2 N–H and O–H groups in total. The van der Waals surface area contributed by atoms with E-state index in [2.05, 4.69) is 32.7 Å². The monoisotopic (exact) mass is 202 g/mol. The van der Waals surface area contributed by atoms with E-state index in [0.29, 0.717) is 12.0 Å². The summed E-state index contributed by atoms with van der Waals surface area (Å²) in [5.41, 5.74) is 5.50. The maximum absolute atomic E-state index is 5.50. The van der Waals surface area contributed by atoms with Gasteiger partial charge in [-0.15, -0.1) is 0 Å². The first-order valence-electron chi connectivity index (χ1n) is 5.56. The SMILES string of the molecule is CC(CCN)CN(C)CCOC(C)C. The molecule has 0 saturated heterocycles. The minimum absolute atomic E-state index is 0.338. The average Bonchev–Trinajstić information content (AvgIpc) is 2.03. The average molecular weight is 202 g/mol. The first-order chi connectivity index (χ1) is 6.56. The van der Waals surface area contributed by atoms with Gasteiger partial charge in [-0.3, -0.25) is 0 Å². The number of likely N-dealkylation sites (N-methyl/N-ethyl adjacent to an activating group) is 1. The molecule has 3 nitrogen and oxygen atoms in total. The molecule has 86 valence electrons. The quantitative estimate of drug-likeness (QED) is 0.645. The van der Waals surface area contributed by atoms with E-state index in [-0.39, 0.29) is 0 Å². The second kappa shape index (κ2) is 8.21. The minimum Gasteiger partial charge on any atom is -0.377 e. The molecule has 0 spiro atoms. The van der Waals surface area contributed by atoms with Gasteiger partial charge in [-0.25, -0.2) is 0 Å². The van der Waals surface area contributed by atoms with E-state index >= 15 is 0 Å². The van der Waals surface area contributed by atoms with Crippen molar-refractivity contribution in [3.05, 3.63) is 0 Å². The van der Waals surface area contributed by atoms with Gasteiger partial charge in [-0.2, -0.15) is 0 Å². The number of ether oxygens (including phenoxy) is 1. The number of nitrogens with two attached hydrogens (primary N) is 1. The summed E-state index contributed by atoms with van der Waals surface area (Å²) in [5.74, 6) is 0.684. The molecule has 0 rings (SSSR count). The number of hydrogen-bond acceptors (Lipinski definition) is 3. The molecule has 0 aromatic heterocycles. The summed E-state index contributed by atoms with van der Waals surface area (Å²) in [6.45, 7) is 10.1. The summed E-state index contributed by atoms with van der Waals surface area (Å²) in [6.07, 6.45) is 1.44. The van der Waals surface area contributed by atoms with Crippen molar-refractivity contribution in [2.24, 2.45) is 11.7 Å². The topological polar surface area (TPSA) is 38.5 Å². The fourth-order valence-electron chi connectivity index (χ4n) is 1.44. The van der Waals surface area contributed by atoms with Crippen LogP contribution in [0.3, 0.4) is 0 Å². The highest BCUT2D eigenvalue weighted by molar-refractivity contribution is 4.59. The van der Waals surface area contributed by atoms with Gasteiger partial charge in [0.2, 0.25) is 0 Å². The summed E-state index contributed by atoms with van der Waals surface area (Å²) in [7, 11) is 2.14. The Balaban J connectivity index is 3.39. The molecule has 3 heteroatoms. The standard InChI is InChI=1S/C11H26N2O/c1-10(2)14-8-7-13(4)9-11(3)5-6-12/h10-11H,5-9,12H2,1-4H3. The van der Waals surface area contributed by atoms with Crippen molar-refractivity contribution in [3.8, 4) is 0 Å². The summed E-state index contributed by atoms with van der Waals surface area (Å²) in [5, 5.41) is 0. The molecule has 0 radical (unpaired) electrons. The predicted molar refractivity (Wildman–Crippen MR) is 61.4 cm³/mol. The van der Waals surface area contributed by atoms with Gasteiger partial charge in [0.25, 0.3) is 0 Å². The molecule has 0 aliphatic carbocycles. The van der Waals surface area contributed by atoms with Crippen LogP contribution in [0.1, 0.15) is 27.2 Å². The third kappa shape index (κ3) is 8.48. The van der Waals surface area contributed by atoms with E-state index in [1.807, 2.05) is 0 Å². The fraction of sp³-hybridized carbons (Fsp3) is 1.00. The maximum Gasteiger partial charge on any atom is 0.0596 e. The Labute approximate surface area is 88.6 Å². The minimum atomic E-state index is 0.338. The van der Waals surface area contributed by atoms with Crippen LogP contribution in [0.15, 0.2) is 0 Å². The Bertz CT molecular complexity index is 128. The van der Waals surface area contributed by atoms with Crippen LogP contribution in [0.4, 0.5) is 0 Å². The van der Waals surface area contributed by atoms with Crippen molar-refractivity contribution in [1.82, 2.24) is 4.90 Å². The number of hydrogen-bond donors (Lipinski definition) is 1. The van der Waals surface area contributed by atoms with E-state index in [9.17, 15) is 0 Å². The molecule has 0 aromatic rings. The van der Waals surface area contributed by atoms with Gasteiger partial charge < -0.3 is 15.4 Å². The van der Waals surface area contributed by atoms with Crippen LogP contribution in [0.25, 0.3) is 0 Å². The Kier molecular flexibility index (Phi) is 8.14. The van der Waals surface area contributed by atoms with E-state index in [1.165, 1.54) is 0 Å². The van der Waals surface area contributed by atoms with Crippen LogP contribution < -0.4 is 5.73 Å². The smallest absolute Gasteiger partial charge is 0.0596 e. The Morgan fingerprint density at radius 2 is 1.93 bits per heavy atom. The largest absolute Gasteiger partial charge is 0.377 e. The van der Waals surface area contributed by atoms with Gasteiger partial charge in [0.05, 0.1) is 12.7 Å². The van der Waals surface area contributed by atoms with Gasteiger partial charge in [-0.05, 0) is 39.8 Å². The second-order valence-electron chi connectivity index (χ2n) is 4.36. The molecule has 0 saturated carbocycles. The lowest BCUT2D eigenvalue weighted by Gasteiger charge is -2.21. The summed E-state index contributed by atoms with van der Waals surface area (Å²) in [6, 6.07) is 0. The van der Waals surface area contributed by atoms with Crippen LogP contribution >= 0.6 is 0 Å². The number of nitrogens with zero attached hydrogens (tertiary/aromatic N) is 1. The Morgan fingerprint density at radius 1 is 1.29 bits per heavy atom. The van der Waals surface area contributed by atoms with E-state index in [4.69, 9.17) is 10.5 Å². The van der Waals surface area contributed by atoms with Gasteiger partial charge in [-0.1, -0.05) is 6.92 Å². The highest BCUT2D eigenvalue weighted by Crippen LogP contribution is 2.02. The number of rotatable bonds is 8. The molecular formula is C11H26N2O. The van der Waals surface area contributed by atoms with Gasteiger partial charge in [0.1, 0.15) is 0 Å². The third-order valence-electron chi connectivity index (χ3n) is 2.21. The summed E-state index contributed by atoms with van der Waals surface area (Å²) in [4.78, 5) is 2.31. The van der Waals surface area contributed by atoms with Crippen LogP contribution in [-0.2, 0) is 4.74 Å². The molecule has 0 amide bonds. The van der Waals surface area contributed by atoms with Crippen LogP contribution in [0.2, 0.25) is 0 Å². The molecule has 14 heavy (non-hydrogen) atoms. The molecule has 1 unspecified atom stereocenters. The second-order valence-corrected chi connectivity index (χ2v) is 4.36. The van der Waals surface area contributed by atoms with Crippen LogP contribution in [0, 0.1) is 5.92 Å².